The van der Waals surface area contributed by atoms with Crippen LogP contribution in [0.2, 0.25) is 0 Å². The molecule has 0 unspecified atom stereocenters. The van der Waals surface area contributed by atoms with Crippen LogP contribution in [0.4, 0.5) is 0 Å². The number of fused-ring (bicyclic) bond motifs is 2. The van der Waals surface area contributed by atoms with Crippen molar-refractivity contribution >= 4 is 38.3 Å². The normalized spacial score (nSPS) is 16.9. The number of aromatic carboxylic acids is 1. The van der Waals surface area contributed by atoms with Gasteiger partial charge in [0.05, 0.1) is 33.5 Å². The molecule has 0 spiro atoms. The van der Waals surface area contributed by atoms with Crippen molar-refractivity contribution in [3.8, 4) is 16.3 Å². The number of pyridine rings is 1. The zero-order valence-electron chi connectivity index (χ0n) is 20.6. The molecule has 0 aliphatic heterocycles. The number of aromatic nitrogens is 1. The minimum Gasteiger partial charge on any atom is -0.545 e. The number of benzene rings is 3. The van der Waals surface area contributed by atoms with E-state index in [0.717, 1.165) is 38.9 Å². The van der Waals surface area contributed by atoms with E-state index in [9.17, 15) is 9.90 Å². The summed E-state index contributed by atoms with van der Waals surface area (Å²) < 4.78 is 7.51. The van der Waals surface area contributed by atoms with E-state index in [4.69, 9.17) is 9.72 Å². The van der Waals surface area contributed by atoms with Crippen molar-refractivity contribution in [1.82, 2.24) is 4.98 Å². The summed E-state index contributed by atoms with van der Waals surface area (Å²) in [6.45, 7) is 4.01. The first-order chi connectivity index (χ1) is 17.0. The van der Waals surface area contributed by atoms with Gasteiger partial charge in [0, 0.05) is 10.3 Å². The van der Waals surface area contributed by atoms with Crippen LogP contribution in [0.1, 0.15) is 45.8 Å². The van der Waals surface area contributed by atoms with Crippen molar-refractivity contribution in [2.24, 2.45) is 0 Å². The number of aryl methyl sites for hydroxylation is 2. The summed E-state index contributed by atoms with van der Waals surface area (Å²) >= 11 is 1.63. The molecule has 5 aromatic rings. The largest absolute Gasteiger partial charge is 1.00 e. The Kier molecular flexibility index (Phi) is 6.92. The van der Waals surface area contributed by atoms with Gasteiger partial charge in [-0.15, -0.1) is 11.3 Å². The zero-order valence-corrected chi connectivity index (χ0v) is 23.4. The molecule has 4 nitrogen and oxygen atoms in total. The van der Waals surface area contributed by atoms with Crippen molar-refractivity contribution in [2.75, 3.05) is 0 Å². The first-order valence-corrected chi connectivity index (χ1v) is 12.7. The maximum Gasteiger partial charge on any atom is 1.00 e. The molecule has 1 aliphatic carbocycles. The molecular weight excluding hydrogens is 477 g/mol. The Balaban J connectivity index is 0.00000267. The number of nitrogens with zero attached hydrogens (tertiary/aromatic N) is 1. The Bertz CT molecular complexity index is 1590. The van der Waals surface area contributed by atoms with Crippen LogP contribution in [0.15, 0.2) is 72.8 Å². The number of carbonyl (C=O) groups is 1. The van der Waals surface area contributed by atoms with Crippen LogP contribution in [0.3, 0.4) is 0 Å². The van der Waals surface area contributed by atoms with Gasteiger partial charge >= 0.3 is 29.6 Å². The second-order valence-corrected chi connectivity index (χ2v) is 10.4. The van der Waals surface area contributed by atoms with Gasteiger partial charge in [-0.1, -0.05) is 54.6 Å². The van der Waals surface area contributed by atoms with Gasteiger partial charge in [-0.25, -0.2) is 4.98 Å². The van der Waals surface area contributed by atoms with Crippen LogP contribution in [0.25, 0.3) is 31.6 Å². The van der Waals surface area contributed by atoms with Crippen molar-refractivity contribution in [3.63, 3.8) is 0 Å². The zero-order chi connectivity index (χ0) is 24.1. The van der Waals surface area contributed by atoms with E-state index in [1.54, 1.807) is 17.4 Å². The molecule has 1 aliphatic rings. The minimum absolute atomic E-state index is 0. The second kappa shape index (κ2) is 9.98. The van der Waals surface area contributed by atoms with Gasteiger partial charge in [0.15, 0.2) is 0 Å². The second-order valence-electron chi connectivity index (χ2n) is 9.32. The Morgan fingerprint density at radius 2 is 1.72 bits per heavy atom. The third-order valence-electron chi connectivity index (χ3n) is 7.08. The summed E-state index contributed by atoms with van der Waals surface area (Å²) in [6.07, 6.45) is 1.87. The molecule has 0 saturated heterocycles. The number of hydrogen-bond acceptors (Lipinski definition) is 5. The van der Waals surface area contributed by atoms with Gasteiger partial charge in [0.25, 0.3) is 0 Å². The Morgan fingerprint density at radius 3 is 2.44 bits per heavy atom. The molecule has 2 heterocycles. The number of carboxylic acids is 1. The van der Waals surface area contributed by atoms with Crippen LogP contribution in [0.5, 0.6) is 5.75 Å². The average Bonchev–Trinajstić information content (AvgIpc) is 3.19. The number of thiophene rings is 1. The minimum atomic E-state index is -1.22. The number of hydrogen-bond donors (Lipinski definition) is 0. The number of rotatable bonds is 5. The first kappa shape index (κ1) is 25.0. The number of carbonyl (C=O) groups excluding carboxylic acids is 1. The van der Waals surface area contributed by atoms with Crippen LogP contribution < -0.4 is 39.4 Å². The van der Waals surface area contributed by atoms with E-state index >= 15 is 0 Å². The summed E-state index contributed by atoms with van der Waals surface area (Å²) in [4.78, 5) is 18.3. The van der Waals surface area contributed by atoms with Gasteiger partial charge in [-0.05, 0) is 72.9 Å². The molecule has 0 N–H and O–H groups in total. The van der Waals surface area contributed by atoms with Gasteiger partial charge in [-0.2, -0.15) is 0 Å². The van der Waals surface area contributed by atoms with Gasteiger partial charge in [0.2, 0.25) is 0 Å². The SMILES string of the molecule is Cc1c(-c2cc(C(=O)[O-])c3c(O[C@H]4C[C@H](c5ccccc5)C4)ccc(C)c3n2)sc2ccccc12.[Na+]. The Morgan fingerprint density at radius 1 is 1.00 bits per heavy atom. The molecule has 1 fully saturated rings. The molecular formula is C30H24NNaO3S. The van der Waals surface area contributed by atoms with Crippen LogP contribution >= 0.6 is 11.3 Å². The fourth-order valence-corrected chi connectivity index (χ4v) is 6.25. The quantitative estimate of drug-likeness (QED) is 0.346. The summed E-state index contributed by atoms with van der Waals surface area (Å²) in [7, 11) is 0. The van der Waals surface area contributed by atoms with E-state index in [1.165, 1.54) is 5.56 Å². The predicted molar refractivity (Wildman–Crippen MR) is 139 cm³/mol. The molecule has 0 amide bonds. The van der Waals surface area contributed by atoms with E-state index in [0.29, 0.717) is 28.3 Å². The number of carboxylic acid groups (broad SMARTS) is 1. The molecule has 6 heteroatoms. The number of ether oxygens (including phenoxy) is 1. The molecule has 0 bridgehead atoms. The monoisotopic (exact) mass is 501 g/mol. The topological polar surface area (TPSA) is 62.2 Å². The van der Waals surface area contributed by atoms with E-state index in [1.807, 2.05) is 37.3 Å². The summed E-state index contributed by atoms with van der Waals surface area (Å²) in [5, 5.41) is 14.0. The fourth-order valence-electron chi connectivity index (χ4n) is 5.08. The van der Waals surface area contributed by atoms with Crippen LogP contribution in [0, 0.1) is 13.8 Å². The van der Waals surface area contributed by atoms with E-state index in [2.05, 4.69) is 43.3 Å². The molecule has 3 aromatic carbocycles. The summed E-state index contributed by atoms with van der Waals surface area (Å²) in [5.74, 6) is -0.184. The van der Waals surface area contributed by atoms with Crippen molar-refractivity contribution < 1.29 is 44.2 Å². The van der Waals surface area contributed by atoms with Crippen molar-refractivity contribution in [1.29, 1.82) is 0 Å². The summed E-state index contributed by atoms with van der Waals surface area (Å²) in [6, 6.07) is 24.1. The van der Waals surface area contributed by atoms with Gasteiger partial charge in [0.1, 0.15) is 5.75 Å². The average molecular weight is 502 g/mol. The predicted octanol–water partition coefficient (Wildman–Crippen LogP) is 3.43. The maximum absolute atomic E-state index is 12.3. The van der Waals surface area contributed by atoms with E-state index in [-0.39, 0.29) is 41.2 Å². The smallest absolute Gasteiger partial charge is 0.545 e. The Hall–Kier alpha value is -2.70. The Labute approximate surface area is 236 Å². The molecule has 174 valence electrons. The standard InChI is InChI=1S/C30H25NO3S.Na/c1-17-12-13-25(34-21-14-20(15-21)19-8-4-3-5-9-19)27-23(30(32)33)16-24(31-28(17)27)29-18(2)22-10-6-7-11-26(22)35-29;/h3-13,16,20-21H,14-15H2,1-2H3,(H,32,33);/q;+1/p-1/t20-,21-;. The van der Waals surface area contributed by atoms with Crippen molar-refractivity contribution in [3.05, 3.63) is 95.1 Å². The van der Waals surface area contributed by atoms with Gasteiger partial charge < -0.3 is 14.6 Å². The van der Waals surface area contributed by atoms with Gasteiger partial charge in [-0.3, -0.25) is 0 Å². The van der Waals surface area contributed by atoms with E-state index < -0.39 is 5.97 Å². The molecule has 1 saturated carbocycles. The molecule has 0 radical (unpaired) electrons. The van der Waals surface area contributed by atoms with Crippen LogP contribution in [-0.4, -0.2) is 17.1 Å². The molecule has 6 rings (SSSR count). The maximum atomic E-state index is 12.3. The third-order valence-corrected chi connectivity index (χ3v) is 8.38. The summed E-state index contributed by atoms with van der Waals surface area (Å²) in [5.41, 5.74) is 4.76. The van der Waals surface area contributed by atoms with Crippen LogP contribution in [-0.2, 0) is 0 Å². The molecule has 36 heavy (non-hydrogen) atoms. The molecule has 0 atom stereocenters. The first-order valence-electron chi connectivity index (χ1n) is 11.9. The molecule has 2 aromatic heterocycles. The third kappa shape index (κ3) is 4.35. The van der Waals surface area contributed by atoms with Crippen molar-refractivity contribution in [2.45, 2.75) is 38.7 Å². The fraction of sp³-hybridized carbons (Fsp3) is 0.200.